The summed E-state index contributed by atoms with van der Waals surface area (Å²) in [5.41, 5.74) is 13.5. The van der Waals surface area contributed by atoms with Crippen molar-refractivity contribution in [2.24, 2.45) is 11.5 Å². The molecule has 0 aromatic heterocycles. The van der Waals surface area contributed by atoms with Crippen LogP contribution in [0.2, 0.25) is 0 Å². The summed E-state index contributed by atoms with van der Waals surface area (Å²) in [5, 5.41) is 6.17. The number of carbonyl (C=O) groups excluding carboxylic acids is 1. The molecule has 2 fully saturated rings. The van der Waals surface area contributed by atoms with E-state index in [1.165, 1.54) is 16.3 Å². The Kier molecular flexibility index (Phi) is 10.8. The average Bonchev–Trinajstić information content (AvgIpc) is 3.29. The Bertz CT molecular complexity index is 1250. The van der Waals surface area contributed by atoms with Gasteiger partial charge in [-0.3, -0.25) is 14.6 Å². The minimum Gasteiger partial charge on any atom is -0.339 e. The number of nitrogens with two attached hydrogens (primary N) is 2. The Morgan fingerprint density at radius 1 is 0.810 bits per heavy atom. The SMILES string of the molecule is NCCN(CCN)CCNCCCCN1CN(c2ccccc2)C2(CCN(Cc3cccc4ccccc34)CC2)C1=O. The second-order valence-corrected chi connectivity index (χ2v) is 11.8. The summed E-state index contributed by atoms with van der Waals surface area (Å²) >= 11 is 0. The predicted octanol–water partition coefficient (Wildman–Crippen LogP) is 3.07. The van der Waals surface area contributed by atoms with Crippen LogP contribution < -0.4 is 21.7 Å². The summed E-state index contributed by atoms with van der Waals surface area (Å²) in [5.74, 6) is 0.309. The number of rotatable bonds is 15. The molecule has 2 saturated heterocycles. The predicted molar refractivity (Wildman–Crippen MR) is 173 cm³/mol. The topological polar surface area (TPSA) is 94.1 Å². The van der Waals surface area contributed by atoms with Gasteiger partial charge in [0.25, 0.3) is 0 Å². The maximum absolute atomic E-state index is 14.1. The monoisotopic (exact) mass is 571 g/mol. The number of nitrogens with one attached hydrogen (secondary N) is 1. The van der Waals surface area contributed by atoms with Crippen LogP contribution in [0.4, 0.5) is 5.69 Å². The van der Waals surface area contributed by atoms with Crippen LogP contribution in [0.5, 0.6) is 0 Å². The summed E-state index contributed by atoms with van der Waals surface area (Å²) in [6.07, 6.45) is 3.76. The van der Waals surface area contributed by atoms with E-state index in [1.54, 1.807) is 0 Å². The van der Waals surface area contributed by atoms with Gasteiger partial charge in [0.15, 0.2) is 0 Å². The van der Waals surface area contributed by atoms with Crippen LogP contribution in [-0.4, -0.2) is 98.3 Å². The summed E-state index contributed by atoms with van der Waals surface area (Å²) < 4.78 is 0. The lowest BCUT2D eigenvalue weighted by Gasteiger charge is -2.43. The number of hydrogen-bond donors (Lipinski definition) is 3. The van der Waals surface area contributed by atoms with Crippen molar-refractivity contribution in [2.75, 3.05) is 77.0 Å². The number of anilines is 1. The Morgan fingerprint density at radius 2 is 1.52 bits per heavy atom. The van der Waals surface area contributed by atoms with Crippen LogP contribution >= 0.6 is 0 Å². The van der Waals surface area contributed by atoms with Gasteiger partial charge in [0.05, 0.1) is 6.67 Å². The molecule has 0 aliphatic carbocycles. The Hall–Kier alpha value is -3.01. The fourth-order valence-electron chi connectivity index (χ4n) is 6.74. The van der Waals surface area contributed by atoms with Gasteiger partial charge in [-0.2, -0.15) is 0 Å². The summed E-state index contributed by atoms with van der Waals surface area (Å²) in [4.78, 5) is 23.4. The van der Waals surface area contributed by atoms with E-state index < -0.39 is 5.54 Å². The van der Waals surface area contributed by atoms with Gasteiger partial charge in [0.1, 0.15) is 5.54 Å². The standard InChI is InChI=1S/C34H49N7O/c35-17-24-38(25-18-36)26-20-37-19-6-7-21-40-28-41(31-12-2-1-3-13-31)34(33(40)42)15-22-39(23-16-34)27-30-11-8-10-29-9-4-5-14-32(29)30/h1-5,8-14,37H,6-7,15-28,35-36H2. The van der Waals surface area contributed by atoms with Crippen LogP contribution in [0, 0.1) is 0 Å². The number of hydrogen-bond acceptors (Lipinski definition) is 7. The van der Waals surface area contributed by atoms with Crippen LogP contribution in [0.25, 0.3) is 10.8 Å². The molecule has 0 unspecified atom stereocenters. The highest BCUT2D eigenvalue weighted by molar-refractivity contribution is 5.93. The quantitative estimate of drug-likeness (QED) is 0.242. The Labute approximate surface area is 251 Å². The molecule has 0 atom stereocenters. The minimum atomic E-state index is -0.454. The number of unbranched alkanes of at least 4 members (excludes halogenated alkanes) is 1. The summed E-state index contributed by atoms with van der Waals surface area (Å²) in [7, 11) is 0. The van der Waals surface area contributed by atoms with E-state index in [4.69, 9.17) is 11.5 Å². The normalized spacial score (nSPS) is 17.3. The van der Waals surface area contributed by atoms with Crippen molar-refractivity contribution in [3.05, 3.63) is 78.4 Å². The summed E-state index contributed by atoms with van der Waals surface area (Å²) in [6.45, 7) is 10.2. The van der Waals surface area contributed by atoms with Gasteiger partial charge in [-0.05, 0) is 60.7 Å². The molecule has 1 amide bonds. The van der Waals surface area contributed by atoms with Gasteiger partial charge in [-0.1, -0.05) is 60.7 Å². The van der Waals surface area contributed by atoms with Crippen molar-refractivity contribution in [2.45, 2.75) is 37.8 Å². The zero-order valence-corrected chi connectivity index (χ0v) is 25.1. The minimum absolute atomic E-state index is 0.309. The number of carbonyl (C=O) groups is 1. The summed E-state index contributed by atoms with van der Waals surface area (Å²) in [6, 6.07) is 25.8. The van der Waals surface area contributed by atoms with Crippen LogP contribution in [0.15, 0.2) is 72.8 Å². The zero-order valence-electron chi connectivity index (χ0n) is 25.1. The first kappa shape index (κ1) is 30.4. The molecular weight excluding hydrogens is 522 g/mol. The van der Waals surface area contributed by atoms with Gasteiger partial charge in [0, 0.05) is 71.1 Å². The number of benzene rings is 3. The van der Waals surface area contributed by atoms with Crippen LogP contribution in [0.3, 0.4) is 0 Å². The van der Waals surface area contributed by atoms with Gasteiger partial charge < -0.3 is 26.6 Å². The molecule has 8 nitrogen and oxygen atoms in total. The smallest absolute Gasteiger partial charge is 0.250 e. The van der Waals surface area contributed by atoms with Crippen molar-refractivity contribution in [1.82, 2.24) is 20.0 Å². The lowest BCUT2D eigenvalue weighted by molar-refractivity contribution is -0.133. The number of amides is 1. The molecule has 1 spiro atoms. The first-order valence-electron chi connectivity index (χ1n) is 15.8. The Balaban J connectivity index is 1.16. The molecule has 3 aromatic rings. The highest BCUT2D eigenvalue weighted by Gasteiger charge is 2.53. The molecule has 226 valence electrons. The van der Waals surface area contributed by atoms with Gasteiger partial charge >= 0.3 is 0 Å². The number of likely N-dealkylation sites (tertiary alicyclic amines) is 1. The average molecular weight is 572 g/mol. The maximum Gasteiger partial charge on any atom is 0.250 e. The molecule has 0 bridgehead atoms. The molecule has 8 heteroatoms. The maximum atomic E-state index is 14.1. The third kappa shape index (κ3) is 7.13. The molecule has 2 aliphatic rings. The number of piperidine rings is 1. The van der Waals surface area contributed by atoms with E-state index >= 15 is 0 Å². The molecule has 2 heterocycles. The second-order valence-electron chi connectivity index (χ2n) is 11.8. The van der Waals surface area contributed by atoms with Crippen molar-refractivity contribution in [1.29, 1.82) is 0 Å². The first-order valence-corrected chi connectivity index (χ1v) is 15.8. The largest absolute Gasteiger partial charge is 0.339 e. The third-order valence-electron chi connectivity index (χ3n) is 9.07. The molecule has 0 radical (unpaired) electrons. The molecule has 42 heavy (non-hydrogen) atoms. The fourth-order valence-corrected chi connectivity index (χ4v) is 6.74. The van der Waals surface area contributed by atoms with E-state index in [0.717, 1.165) is 90.3 Å². The Morgan fingerprint density at radius 3 is 2.29 bits per heavy atom. The first-order chi connectivity index (χ1) is 20.6. The molecule has 5 N–H and O–H groups in total. The molecule has 5 rings (SSSR count). The molecule has 2 aliphatic heterocycles. The van der Waals surface area contributed by atoms with Crippen LogP contribution in [-0.2, 0) is 11.3 Å². The number of nitrogens with zero attached hydrogens (tertiary/aromatic N) is 4. The second kappa shape index (κ2) is 14.9. The van der Waals surface area contributed by atoms with Crippen molar-refractivity contribution < 1.29 is 4.79 Å². The fraction of sp³-hybridized carbons (Fsp3) is 0.500. The van der Waals surface area contributed by atoms with Crippen molar-refractivity contribution in [3.8, 4) is 0 Å². The molecule has 3 aromatic carbocycles. The lowest BCUT2D eigenvalue weighted by atomic mass is 9.85. The van der Waals surface area contributed by atoms with Gasteiger partial charge in [-0.25, -0.2) is 0 Å². The highest BCUT2D eigenvalue weighted by atomic mass is 16.2. The number of para-hydroxylation sites is 1. The van der Waals surface area contributed by atoms with Gasteiger partial charge in [0.2, 0.25) is 5.91 Å². The molecular formula is C34H49N7O. The number of fused-ring (bicyclic) bond motifs is 1. The van der Waals surface area contributed by atoms with Crippen molar-refractivity contribution >= 4 is 22.4 Å². The van der Waals surface area contributed by atoms with Crippen molar-refractivity contribution in [3.63, 3.8) is 0 Å². The molecule has 0 saturated carbocycles. The van der Waals surface area contributed by atoms with E-state index in [0.29, 0.717) is 25.7 Å². The highest BCUT2D eigenvalue weighted by Crippen LogP contribution is 2.40. The van der Waals surface area contributed by atoms with Crippen LogP contribution in [0.1, 0.15) is 31.2 Å². The van der Waals surface area contributed by atoms with Gasteiger partial charge in [-0.15, -0.1) is 0 Å². The zero-order chi connectivity index (χ0) is 29.2. The van der Waals surface area contributed by atoms with E-state index in [-0.39, 0.29) is 0 Å². The van der Waals surface area contributed by atoms with E-state index in [2.05, 4.69) is 97.7 Å². The lowest BCUT2D eigenvalue weighted by Crippen LogP contribution is -2.56. The van der Waals surface area contributed by atoms with E-state index in [1.807, 2.05) is 0 Å². The van der Waals surface area contributed by atoms with E-state index in [9.17, 15) is 4.79 Å². The third-order valence-corrected chi connectivity index (χ3v) is 9.07.